The molecule has 31 heavy (non-hydrogen) atoms. The fourth-order valence-electron chi connectivity index (χ4n) is 3.64. The van der Waals surface area contributed by atoms with Crippen LogP contribution in [0.15, 0.2) is 30.3 Å². The van der Waals surface area contributed by atoms with E-state index in [-0.39, 0.29) is 11.4 Å². The average Bonchev–Trinajstić information content (AvgIpc) is 3.53. The van der Waals surface area contributed by atoms with Crippen molar-refractivity contribution in [1.82, 2.24) is 20.1 Å². The summed E-state index contributed by atoms with van der Waals surface area (Å²) in [5.41, 5.74) is 3.01. The number of rotatable bonds is 7. The second-order valence-electron chi connectivity index (χ2n) is 9.02. The van der Waals surface area contributed by atoms with Gasteiger partial charge in [0.2, 0.25) is 0 Å². The zero-order valence-electron chi connectivity index (χ0n) is 18.9. The number of carbonyl (C=O) groups excluding carboxylic acids is 1. The van der Waals surface area contributed by atoms with E-state index in [1.165, 1.54) is 0 Å². The van der Waals surface area contributed by atoms with Crippen LogP contribution >= 0.6 is 0 Å². The number of carbonyl (C=O) groups is 1. The number of pyridine rings is 1. The lowest BCUT2D eigenvalue weighted by Crippen LogP contribution is -2.28. The summed E-state index contributed by atoms with van der Waals surface area (Å²) in [6, 6.07) is 9.33. The Hall–Kier alpha value is -3.09. The third-order valence-corrected chi connectivity index (χ3v) is 5.42. The van der Waals surface area contributed by atoms with Gasteiger partial charge in [-0.05, 0) is 70.9 Å². The molecule has 0 radical (unpaired) electrons. The zero-order valence-corrected chi connectivity index (χ0v) is 18.9. The van der Waals surface area contributed by atoms with Crippen molar-refractivity contribution in [2.45, 2.75) is 52.0 Å². The Morgan fingerprint density at radius 3 is 2.48 bits per heavy atom. The third-order valence-electron chi connectivity index (χ3n) is 5.42. The highest BCUT2D eigenvalue weighted by molar-refractivity contribution is 6.06. The van der Waals surface area contributed by atoms with Crippen molar-refractivity contribution < 1.29 is 14.3 Å². The predicted molar refractivity (Wildman–Crippen MR) is 120 cm³/mol. The molecule has 0 unspecified atom stereocenters. The van der Waals surface area contributed by atoms with E-state index in [9.17, 15) is 4.79 Å². The standard InChI is InChI=1S/C24H30N4O3/c1-15-21-19(23(29)25-12-13-31-18-10-8-17(30-5)9-11-18)14-20(16-6-7-16)26-22(21)28(27-15)24(2,3)4/h8-11,14,16H,6-7,12-13H2,1-5H3,(H,25,29). The fraction of sp³-hybridized carbons (Fsp3) is 0.458. The SMILES string of the molecule is COc1ccc(OCCNC(=O)c2cc(C3CC3)nc3c2c(C)nn3C(C)(C)C)cc1. The van der Waals surface area contributed by atoms with E-state index in [0.29, 0.717) is 24.6 Å². The van der Waals surface area contributed by atoms with E-state index >= 15 is 0 Å². The van der Waals surface area contributed by atoms with Gasteiger partial charge in [-0.15, -0.1) is 0 Å². The molecule has 164 valence electrons. The molecule has 2 aromatic heterocycles. The molecule has 1 aliphatic rings. The molecule has 0 aliphatic heterocycles. The summed E-state index contributed by atoms with van der Waals surface area (Å²) >= 11 is 0. The first kappa shape index (κ1) is 21.2. The van der Waals surface area contributed by atoms with Gasteiger partial charge in [-0.25, -0.2) is 9.67 Å². The first-order valence-electron chi connectivity index (χ1n) is 10.7. The van der Waals surface area contributed by atoms with Crippen molar-refractivity contribution >= 4 is 16.9 Å². The largest absolute Gasteiger partial charge is 0.497 e. The Bertz CT molecular complexity index is 1090. The summed E-state index contributed by atoms with van der Waals surface area (Å²) in [6.07, 6.45) is 2.25. The molecule has 1 aromatic carbocycles. The minimum atomic E-state index is -0.221. The van der Waals surface area contributed by atoms with Crippen LogP contribution in [0.5, 0.6) is 11.5 Å². The van der Waals surface area contributed by atoms with Crippen LogP contribution in [-0.4, -0.2) is 40.9 Å². The van der Waals surface area contributed by atoms with Gasteiger partial charge < -0.3 is 14.8 Å². The Balaban J connectivity index is 1.52. The number of hydrogen-bond acceptors (Lipinski definition) is 5. The summed E-state index contributed by atoms with van der Waals surface area (Å²) in [5, 5.41) is 8.53. The molecule has 4 rings (SSSR count). The topological polar surface area (TPSA) is 78.3 Å². The molecule has 0 atom stereocenters. The summed E-state index contributed by atoms with van der Waals surface area (Å²) in [6.45, 7) is 9.01. The number of aryl methyl sites for hydroxylation is 1. The van der Waals surface area contributed by atoms with Gasteiger partial charge in [0.15, 0.2) is 5.65 Å². The molecular weight excluding hydrogens is 392 g/mol. The van der Waals surface area contributed by atoms with Gasteiger partial charge in [0.05, 0.1) is 35.8 Å². The van der Waals surface area contributed by atoms with Crippen LogP contribution in [0.25, 0.3) is 11.0 Å². The smallest absolute Gasteiger partial charge is 0.252 e. The monoisotopic (exact) mass is 422 g/mol. The van der Waals surface area contributed by atoms with Gasteiger partial charge in [-0.3, -0.25) is 4.79 Å². The van der Waals surface area contributed by atoms with E-state index in [1.54, 1.807) is 7.11 Å². The number of hydrogen-bond donors (Lipinski definition) is 1. The highest BCUT2D eigenvalue weighted by atomic mass is 16.5. The van der Waals surface area contributed by atoms with E-state index in [4.69, 9.17) is 19.6 Å². The summed E-state index contributed by atoms with van der Waals surface area (Å²) in [7, 11) is 1.63. The molecule has 1 fully saturated rings. The van der Waals surface area contributed by atoms with Gasteiger partial charge in [0.1, 0.15) is 18.1 Å². The number of aromatic nitrogens is 3. The number of nitrogens with zero attached hydrogens (tertiary/aromatic N) is 3. The molecule has 0 spiro atoms. The maximum absolute atomic E-state index is 13.1. The maximum Gasteiger partial charge on any atom is 0.252 e. The number of methoxy groups -OCH3 is 1. The van der Waals surface area contributed by atoms with Gasteiger partial charge in [-0.2, -0.15) is 5.10 Å². The minimum Gasteiger partial charge on any atom is -0.497 e. The van der Waals surface area contributed by atoms with Crippen molar-refractivity contribution in [3.05, 3.63) is 47.3 Å². The van der Waals surface area contributed by atoms with Crippen LogP contribution in [0.4, 0.5) is 0 Å². The molecule has 1 aliphatic carbocycles. The van der Waals surface area contributed by atoms with Crippen LogP contribution in [0.1, 0.15) is 61.3 Å². The fourth-order valence-corrected chi connectivity index (χ4v) is 3.64. The number of ether oxygens (including phenoxy) is 2. The third kappa shape index (κ3) is 4.50. The highest BCUT2D eigenvalue weighted by Crippen LogP contribution is 2.41. The molecule has 2 heterocycles. The predicted octanol–water partition coefficient (Wildman–Crippen LogP) is 4.19. The maximum atomic E-state index is 13.1. The first-order valence-corrected chi connectivity index (χ1v) is 10.7. The number of nitrogens with one attached hydrogen (secondary N) is 1. The molecule has 1 N–H and O–H groups in total. The summed E-state index contributed by atoms with van der Waals surface area (Å²) in [5.74, 6) is 1.84. The van der Waals surface area contributed by atoms with E-state index < -0.39 is 0 Å². The van der Waals surface area contributed by atoms with Crippen molar-refractivity contribution in [2.75, 3.05) is 20.3 Å². The van der Waals surface area contributed by atoms with E-state index in [1.807, 2.05) is 41.9 Å². The molecule has 7 heteroatoms. The van der Waals surface area contributed by atoms with Crippen LogP contribution < -0.4 is 14.8 Å². The molecule has 3 aromatic rings. The Labute approximate surface area is 182 Å². The normalized spacial score (nSPS) is 14.0. The lowest BCUT2D eigenvalue weighted by molar-refractivity contribution is 0.0948. The van der Waals surface area contributed by atoms with Crippen LogP contribution in [-0.2, 0) is 5.54 Å². The molecule has 1 saturated carbocycles. The van der Waals surface area contributed by atoms with Gasteiger partial charge in [-0.1, -0.05) is 0 Å². The molecule has 0 bridgehead atoms. The Kier molecular flexibility index (Phi) is 5.60. The van der Waals surface area contributed by atoms with Gasteiger partial charge >= 0.3 is 0 Å². The Morgan fingerprint density at radius 1 is 1.19 bits per heavy atom. The quantitative estimate of drug-likeness (QED) is 0.578. The van der Waals surface area contributed by atoms with E-state index in [2.05, 4.69) is 26.1 Å². The van der Waals surface area contributed by atoms with Crippen LogP contribution in [0, 0.1) is 6.92 Å². The van der Waals surface area contributed by atoms with E-state index in [0.717, 1.165) is 46.8 Å². The molecular formula is C24H30N4O3. The van der Waals surface area contributed by atoms with Gasteiger partial charge in [0.25, 0.3) is 5.91 Å². The van der Waals surface area contributed by atoms with Crippen LogP contribution in [0.3, 0.4) is 0 Å². The number of fused-ring (bicyclic) bond motifs is 1. The number of benzene rings is 1. The molecule has 1 amide bonds. The van der Waals surface area contributed by atoms with Crippen LogP contribution in [0.2, 0.25) is 0 Å². The second-order valence-corrected chi connectivity index (χ2v) is 9.02. The van der Waals surface area contributed by atoms with Crippen molar-refractivity contribution in [2.24, 2.45) is 0 Å². The molecule has 0 saturated heterocycles. The van der Waals surface area contributed by atoms with Gasteiger partial charge in [0, 0.05) is 11.6 Å². The average molecular weight is 423 g/mol. The van der Waals surface area contributed by atoms with Crippen molar-refractivity contribution in [1.29, 1.82) is 0 Å². The zero-order chi connectivity index (χ0) is 22.2. The molecule has 7 nitrogen and oxygen atoms in total. The van der Waals surface area contributed by atoms with Crippen molar-refractivity contribution in [3.63, 3.8) is 0 Å². The number of amides is 1. The highest BCUT2D eigenvalue weighted by Gasteiger charge is 2.30. The minimum absolute atomic E-state index is 0.121. The summed E-state index contributed by atoms with van der Waals surface area (Å²) in [4.78, 5) is 18.0. The first-order chi connectivity index (χ1) is 14.8. The lowest BCUT2D eigenvalue weighted by atomic mass is 10.1. The Morgan fingerprint density at radius 2 is 1.87 bits per heavy atom. The summed E-state index contributed by atoms with van der Waals surface area (Å²) < 4.78 is 12.8. The van der Waals surface area contributed by atoms with Crippen molar-refractivity contribution in [3.8, 4) is 11.5 Å². The lowest BCUT2D eigenvalue weighted by Gasteiger charge is -2.20. The second kappa shape index (κ2) is 8.21.